The zero-order valence-electron chi connectivity index (χ0n) is 14.9. The predicted octanol–water partition coefficient (Wildman–Crippen LogP) is 3.44. The Labute approximate surface area is 166 Å². The third-order valence-electron chi connectivity index (χ3n) is 3.74. The number of pyridine rings is 1. The SMILES string of the molecule is COC(=O)C[C@@H](NC(=O)c1nc(Cl)ccc1Cl)c1ccc(OC)c(OC)c1. The van der Waals surface area contributed by atoms with Gasteiger partial charge in [0.15, 0.2) is 11.5 Å². The molecule has 1 atom stereocenters. The lowest BCUT2D eigenvalue weighted by molar-refractivity contribution is -0.141. The zero-order valence-corrected chi connectivity index (χ0v) is 16.4. The molecular formula is C18H18Cl2N2O5. The summed E-state index contributed by atoms with van der Waals surface area (Å²) in [6, 6.07) is 7.29. The fourth-order valence-electron chi connectivity index (χ4n) is 2.38. The number of hydrogen-bond donors (Lipinski definition) is 1. The van der Waals surface area contributed by atoms with Crippen LogP contribution in [0.3, 0.4) is 0 Å². The van der Waals surface area contributed by atoms with Gasteiger partial charge in [-0.25, -0.2) is 4.98 Å². The first-order valence-electron chi connectivity index (χ1n) is 7.81. The van der Waals surface area contributed by atoms with Gasteiger partial charge in [-0.3, -0.25) is 9.59 Å². The molecule has 27 heavy (non-hydrogen) atoms. The number of carbonyl (C=O) groups excluding carboxylic acids is 2. The van der Waals surface area contributed by atoms with Crippen molar-refractivity contribution in [1.82, 2.24) is 10.3 Å². The van der Waals surface area contributed by atoms with Gasteiger partial charge in [0.25, 0.3) is 5.91 Å². The number of ether oxygens (including phenoxy) is 3. The molecule has 0 aliphatic rings. The van der Waals surface area contributed by atoms with Crippen molar-refractivity contribution in [2.45, 2.75) is 12.5 Å². The topological polar surface area (TPSA) is 86.8 Å². The quantitative estimate of drug-likeness (QED) is 0.553. The van der Waals surface area contributed by atoms with Crippen molar-refractivity contribution < 1.29 is 23.8 Å². The van der Waals surface area contributed by atoms with Gasteiger partial charge >= 0.3 is 5.97 Å². The molecule has 1 aromatic carbocycles. The first kappa shape index (κ1) is 20.8. The minimum absolute atomic E-state index is 0.0421. The maximum absolute atomic E-state index is 12.6. The average Bonchev–Trinajstić information content (AvgIpc) is 2.68. The smallest absolute Gasteiger partial charge is 0.307 e. The number of aromatic nitrogens is 1. The summed E-state index contributed by atoms with van der Waals surface area (Å²) < 4.78 is 15.2. The van der Waals surface area contributed by atoms with E-state index in [9.17, 15) is 9.59 Å². The summed E-state index contributed by atoms with van der Waals surface area (Å²) in [5.41, 5.74) is 0.573. The van der Waals surface area contributed by atoms with Gasteiger partial charge in [-0.1, -0.05) is 29.3 Å². The van der Waals surface area contributed by atoms with E-state index < -0.39 is 17.9 Å². The molecule has 1 N–H and O–H groups in total. The van der Waals surface area contributed by atoms with Crippen LogP contribution in [0.1, 0.15) is 28.5 Å². The van der Waals surface area contributed by atoms with E-state index in [-0.39, 0.29) is 22.3 Å². The van der Waals surface area contributed by atoms with Gasteiger partial charge in [0.05, 0.1) is 38.8 Å². The highest BCUT2D eigenvalue weighted by atomic mass is 35.5. The molecule has 1 amide bonds. The van der Waals surface area contributed by atoms with E-state index in [1.165, 1.54) is 33.5 Å². The van der Waals surface area contributed by atoms with Gasteiger partial charge in [-0.15, -0.1) is 0 Å². The second-order valence-corrected chi connectivity index (χ2v) is 6.18. The van der Waals surface area contributed by atoms with Crippen LogP contribution in [-0.2, 0) is 9.53 Å². The van der Waals surface area contributed by atoms with Crippen LogP contribution in [0.5, 0.6) is 11.5 Å². The number of amides is 1. The Morgan fingerprint density at radius 1 is 1.07 bits per heavy atom. The molecule has 2 rings (SSSR count). The molecule has 0 unspecified atom stereocenters. The largest absolute Gasteiger partial charge is 0.493 e. The van der Waals surface area contributed by atoms with Crippen molar-refractivity contribution in [2.75, 3.05) is 21.3 Å². The van der Waals surface area contributed by atoms with Gasteiger partial charge in [0.2, 0.25) is 0 Å². The molecule has 0 saturated carbocycles. The second-order valence-electron chi connectivity index (χ2n) is 5.39. The Balaban J connectivity index is 2.36. The summed E-state index contributed by atoms with van der Waals surface area (Å²) in [5.74, 6) is -0.103. The van der Waals surface area contributed by atoms with E-state index in [1.54, 1.807) is 18.2 Å². The number of halogens is 2. The molecule has 144 valence electrons. The normalized spacial score (nSPS) is 11.4. The van der Waals surface area contributed by atoms with Crippen molar-refractivity contribution in [2.24, 2.45) is 0 Å². The van der Waals surface area contributed by atoms with Crippen LogP contribution in [0.25, 0.3) is 0 Å². The number of nitrogens with zero attached hydrogens (tertiary/aromatic N) is 1. The summed E-state index contributed by atoms with van der Waals surface area (Å²) >= 11 is 11.9. The highest BCUT2D eigenvalue weighted by Gasteiger charge is 2.23. The molecule has 0 fully saturated rings. The van der Waals surface area contributed by atoms with Crippen molar-refractivity contribution in [3.8, 4) is 11.5 Å². The Morgan fingerprint density at radius 2 is 1.78 bits per heavy atom. The molecule has 2 aromatic rings. The first-order chi connectivity index (χ1) is 12.9. The number of hydrogen-bond acceptors (Lipinski definition) is 6. The molecule has 0 aliphatic heterocycles. The Kier molecular flexibility index (Phi) is 7.27. The molecule has 0 spiro atoms. The zero-order chi connectivity index (χ0) is 20.0. The van der Waals surface area contributed by atoms with Crippen LogP contribution < -0.4 is 14.8 Å². The maximum Gasteiger partial charge on any atom is 0.307 e. The van der Waals surface area contributed by atoms with E-state index in [2.05, 4.69) is 10.3 Å². The minimum atomic E-state index is -0.707. The van der Waals surface area contributed by atoms with Crippen molar-refractivity contribution in [3.63, 3.8) is 0 Å². The van der Waals surface area contributed by atoms with Crippen molar-refractivity contribution in [3.05, 3.63) is 51.8 Å². The third-order valence-corrected chi connectivity index (χ3v) is 4.26. The molecular weight excluding hydrogens is 395 g/mol. The lowest BCUT2D eigenvalue weighted by Gasteiger charge is -2.20. The van der Waals surface area contributed by atoms with Gasteiger partial charge < -0.3 is 19.5 Å². The van der Waals surface area contributed by atoms with E-state index in [0.717, 1.165) is 0 Å². The summed E-state index contributed by atoms with van der Waals surface area (Å²) in [6.45, 7) is 0. The van der Waals surface area contributed by atoms with Crippen LogP contribution in [-0.4, -0.2) is 38.2 Å². The molecule has 0 radical (unpaired) electrons. The number of benzene rings is 1. The number of nitrogens with one attached hydrogen (secondary N) is 1. The van der Waals surface area contributed by atoms with Gasteiger partial charge in [-0.05, 0) is 29.8 Å². The monoisotopic (exact) mass is 412 g/mol. The van der Waals surface area contributed by atoms with Gasteiger partial charge in [-0.2, -0.15) is 0 Å². The fourth-order valence-corrected chi connectivity index (χ4v) is 2.71. The Bertz CT molecular complexity index is 844. The Morgan fingerprint density at radius 3 is 2.41 bits per heavy atom. The fraction of sp³-hybridized carbons (Fsp3) is 0.278. The highest BCUT2D eigenvalue weighted by Crippen LogP contribution is 2.31. The summed E-state index contributed by atoms with van der Waals surface area (Å²) in [6.07, 6.45) is -0.101. The lowest BCUT2D eigenvalue weighted by atomic mass is 10.0. The van der Waals surface area contributed by atoms with E-state index in [4.69, 9.17) is 37.4 Å². The van der Waals surface area contributed by atoms with Crippen LogP contribution in [0.15, 0.2) is 30.3 Å². The van der Waals surface area contributed by atoms with Crippen LogP contribution in [0, 0.1) is 0 Å². The molecule has 9 heteroatoms. The molecule has 1 heterocycles. The summed E-state index contributed by atoms with van der Waals surface area (Å²) in [5, 5.41) is 2.99. The van der Waals surface area contributed by atoms with Gasteiger partial charge in [0, 0.05) is 0 Å². The molecule has 1 aromatic heterocycles. The van der Waals surface area contributed by atoms with E-state index in [1.807, 2.05) is 0 Å². The predicted molar refractivity (Wildman–Crippen MR) is 101 cm³/mol. The van der Waals surface area contributed by atoms with Gasteiger partial charge in [0.1, 0.15) is 10.8 Å². The minimum Gasteiger partial charge on any atom is -0.493 e. The number of carbonyl (C=O) groups is 2. The standard InChI is InChI=1S/C18H18Cl2N2O5/c1-25-13-6-4-10(8-14(13)26-2)12(9-16(23)27-3)21-18(24)17-11(19)5-7-15(20)22-17/h4-8,12H,9H2,1-3H3,(H,21,24)/t12-/m1/s1. The van der Waals surface area contributed by atoms with Crippen LogP contribution >= 0.6 is 23.2 Å². The second kappa shape index (κ2) is 9.43. The molecule has 7 nitrogen and oxygen atoms in total. The van der Waals surface area contributed by atoms with Crippen LogP contribution in [0.2, 0.25) is 10.2 Å². The van der Waals surface area contributed by atoms with E-state index in [0.29, 0.717) is 17.1 Å². The summed E-state index contributed by atoms with van der Waals surface area (Å²) in [4.78, 5) is 28.4. The number of rotatable bonds is 7. The van der Waals surface area contributed by atoms with Crippen molar-refractivity contribution in [1.29, 1.82) is 0 Å². The van der Waals surface area contributed by atoms with Crippen LogP contribution in [0.4, 0.5) is 0 Å². The maximum atomic E-state index is 12.6. The summed E-state index contributed by atoms with van der Waals surface area (Å²) in [7, 11) is 4.27. The first-order valence-corrected chi connectivity index (χ1v) is 8.56. The lowest BCUT2D eigenvalue weighted by Crippen LogP contribution is -2.31. The number of methoxy groups -OCH3 is 3. The average molecular weight is 413 g/mol. The molecule has 0 bridgehead atoms. The van der Waals surface area contributed by atoms with E-state index >= 15 is 0 Å². The third kappa shape index (κ3) is 5.24. The Hall–Kier alpha value is -2.51. The number of esters is 1. The molecule has 0 saturated heterocycles. The highest BCUT2D eigenvalue weighted by molar-refractivity contribution is 6.34. The molecule has 0 aliphatic carbocycles. The van der Waals surface area contributed by atoms with Crippen molar-refractivity contribution >= 4 is 35.1 Å².